The third kappa shape index (κ3) is 23.4. The normalized spacial score (nSPS) is 13.5. The Balaban J connectivity index is 0.00000410. The van der Waals surface area contributed by atoms with Gasteiger partial charge in [0, 0.05) is 24.8 Å². The molecular weight excluding hydrogens is 506 g/mol. The van der Waals surface area contributed by atoms with E-state index in [1.807, 2.05) is 18.7 Å². The van der Waals surface area contributed by atoms with Crippen molar-refractivity contribution in [2.75, 3.05) is 98.6 Å². The minimum atomic E-state index is -0.252. The van der Waals surface area contributed by atoms with E-state index in [1.54, 1.807) is 4.90 Å². The Kier molecular flexibility index (Phi) is 26.5. The molecule has 0 radical (unpaired) electrons. The van der Waals surface area contributed by atoms with Crippen LogP contribution in [0.2, 0.25) is 0 Å². The van der Waals surface area contributed by atoms with Gasteiger partial charge in [0.2, 0.25) is 0 Å². The molecular formula is C25H47NO10S. The fraction of sp³-hybridized carbons (Fsp3) is 0.880. The molecule has 0 spiro atoms. The van der Waals surface area contributed by atoms with E-state index in [0.29, 0.717) is 77.7 Å². The maximum absolute atomic E-state index is 12.0. The van der Waals surface area contributed by atoms with Crippen molar-refractivity contribution in [2.45, 2.75) is 44.8 Å². The summed E-state index contributed by atoms with van der Waals surface area (Å²) in [6, 6.07) is 0. The number of carbonyl (C=O) groups excluding carboxylic acids is 3. The van der Waals surface area contributed by atoms with Crippen LogP contribution in [0, 0.1) is 0 Å². The molecule has 0 aromatic carbocycles. The Hall–Kier alpha value is -1.44. The van der Waals surface area contributed by atoms with Gasteiger partial charge >= 0.3 is 12.1 Å². The van der Waals surface area contributed by atoms with Crippen molar-refractivity contribution >= 4 is 30.1 Å². The largest absolute Gasteiger partial charge is 0.463 e. The quantitative estimate of drug-likeness (QED) is 0.118. The number of likely N-dealkylation sites (tertiary alicyclic amines) is 1. The first-order valence-electron chi connectivity index (χ1n) is 13.0. The van der Waals surface area contributed by atoms with Crippen LogP contribution < -0.4 is 0 Å². The second-order valence-electron chi connectivity index (χ2n) is 7.80. The molecule has 1 saturated heterocycles. The van der Waals surface area contributed by atoms with Crippen molar-refractivity contribution in [3.05, 3.63) is 0 Å². The number of aldehydes is 1. The summed E-state index contributed by atoms with van der Waals surface area (Å²) in [7, 11) is 0. The molecule has 0 unspecified atom stereocenters. The highest BCUT2D eigenvalue weighted by Crippen LogP contribution is 2.21. The topological polar surface area (TPSA) is 119 Å². The second kappa shape index (κ2) is 27.6. The van der Waals surface area contributed by atoms with E-state index >= 15 is 0 Å². The third-order valence-corrected chi connectivity index (χ3v) is 6.06. The van der Waals surface area contributed by atoms with E-state index in [-0.39, 0.29) is 25.3 Å². The van der Waals surface area contributed by atoms with Gasteiger partial charge in [0.15, 0.2) is 0 Å². The number of rotatable bonds is 21. The molecule has 1 fully saturated rings. The van der Waals surface area contributed by atoms with Gasteiger partial charge in [-0.15, -0.1) is 0 Å². The number of carbonyl (C=O) groups is 3. The summed E-state index contributed by atoms with van der Waals surface area (Å²) >= 11 is 1.86. The number of piperidine rings is 1. The van der Waals surface area contributed by atoms with Crippen molar-refractivity contribution in [1.82, 2.24) is 4.90 Å². The molecule has 1 aliphatic rings. The number of thioether (sulfide) groups is 1. The fourth-order valence-corrected chi connectivity index (χ4v) is 3.71. The summed E-state index contributed by atoms with van der Waals surface area (Å²) in [5.41, 5.74) is 0. The van der Waals surface area contributed by atoms with Crippen molar-refractivity contribution < 1.29 is 47.5 Å². The molecule has 1 amide bonds. The van der Waals surface area contributed by atoms with Crippen molar-refractivity contribution in [2.24, 2.45) is 0 Å². The molecule has 218 valence electrons. The molecule has 1 heterocycles. The molecule has 0 aliphatic carbocycles. The monoisotopic (exact) mass is 553 g/mol. The highest BCUT2D eigenvalue weighted by Gasteiger charge is 2.22. The van der Waals surface area contributed by atoms with Gasteiger partial charge in [-0.05, 0) is 32.4 Å². The average Bonchev–Trinajstić information content (AvgIpc) is 2.90. The molecule has 37 heavy (non-hydrogen) atoms. The Morgan fingerprint density at radius 3 is 1.51 bits per heavy atom. The second-order valence-corrected chi connectivity index (χ2v) is 8.94. The molecule has 12 heteroatoms. The average molecular weight is 554 g/mol. The first-order valence-corrected chi connectivity index (χ1v) is 14.3. The van der Waals surface area contributed by atoms with Crippen LogP contribution >= 0.6 is 11.8 Å². The predicted molar refractivity (Wildman–Crippen MR) is 141 cm³/mol. The number of esters is 1. The smallest absolute Gasteiger partial charge is 0.409 e. The first kappa shape index (κ1) is 35.6. The molecule has 0 aromatic rings. The highest BCUT2D eigenvalue weighted by molar-refractivity contribution is 7.99. The lowest BCUT2D eigenvalue weighted by atomic mass is 10.1. The zero-order chi connectivity index (χ0) is 27.4. The highest BCUT2D eigenvalue weighted by atomic mass is 32.2. The third-order valence-electron chi connectivity index (χ3n) is 4.92. The molecule has 0 atom stereocenters. The minimum Gasteiger partial charge on any atom is -0.463 e. The molecule has 0 N–H and O–H groups in total. The van der Waals surface area contributed by atoms with E-state index in [0.717, 1.165) is 38.6 Å². The van der Waals surface area contributed by atoms with Crippen LogP contribution in [-0.2, 0) is 42.7 Å². The molecule has 1 aliphatic heterocycles. The summed E-state index contributed by atoms with van der Waals surface area (Å²) < 4.78 is 37.2. The molecule has 1 rings (SSSR count). The van der Waals surface area contributed by atoms with Gasteiger partial charge in [0.25, 0.3) is 0 Å². The fourth-order valence-electron chi connectivity index (χ4n) is 3.03. The molecule has 11 nitrogen and oxygen atoms in total. The van der Waals surface area contributed by atoms with E-state index in [2.05, 4.69) is 6.26 Å². The maximum Gasteiger partial charge on any atom is 0.409 e. The van der Waals surface area contributed by atoms with Gasteiger partial charge in [-0.1, -0.05) is 6.92 Å². The van der Waals surface area contributed by atoms with E-state index in [1.165, 1.54) is 6.92 Å². The summed E-state index contributed by atoms with van der Waals surface area (Å²) in [6.45, 7) is 9.90. The molecule has 0 aromatic heterocycles. The minimum absolute atomic E-state index is 0.189. The summed E-state index contributed by atoms with van der Waals surface area (Å²) in [5.74, 6) is -0.189. The van der Waals surface area contributed by atoms with Crippen molar-refractivity contribution in [1.29, 1.82) is 0 Å². The Morgan fingerprint density at radius 1 is 0.757 bits per heavy atom. The van der Waals surface area contributed by atoms with Crippen LogP contribution in [0.4, 0.5) is 4.79 Å². The van der Waals surface area contributed by atoms with Crippen LogP contribution in [0.1, 0.15) is 39.5 Å². The van der Waals surface area contributed by atoms with E-state index in [9.17, 15) is 9.59 Å². The van der Waals surface area contributed by atoms with Crippen LogP contribution in [-0.4, -0.2) is 127 Å². The van der Waals surface area contributed by atoms with Crippen LogP contribution in [0.3, 0.4) is 0 Å². The SMILES string of the molecule is CC=O.CCCC(=O)OCCOCCOCCOCCOCCOCCOC(=O)N1CCC(SC)CC1. The Labute approximate surface area is 226 Å². The van der Waals surface area contributed by atoms with Crippen molar-refractivity contribution in [3.8, 4) is 0 Å². The van der Waals surface area contributed by atoms with Gasteiger partial charge in [0.1, 0.15) is 19.5 Å². The summed E-state index contributed by atoms with van der Waals surface area (Å²) in [6.07, 6.45) is 5.89. The van der Waals surface area contributed by atoms with Crippen molar-refractivity contribution in [3.63, 3.8) is 0 Å². The Bertz CT molecular complexity index is 548. The lowest BCUT2D eigenvalue weighted by Crippen LogP contribution is -2.39. The van der Waals surface area contributed by atoms with E-state index in [4.69, 9.17) is 38.0 Å². The maximum atomic E-state index is 12.0. The lowest BCUT2D eigenvalue weighted by Gasteiger charge is -2.30. The van der Waals surface area contributed by atoms with Crippen LogP contribution in [0.5, 0.6) is 0 Å². The Morgan fingerprint density at radius 2 is 1.14 bits per heavy atom. The zero-order valence-corrected chi connectivity index (χ0v) is 23.6. The number of hydrogen-bond donors (Lipinski definition) is 0. The van der Waals surface area contributed by atoms with Gasteiger partial charge in [-0.2, -0.15) is 11.8 Å². The number of nitrogens with zero attached hydrogens (tertiary/aromatic N) is 1. The molecule has 0 bridgehead atoms. The standard InChI is InChI=1S/C23H43NO9S.C2H4O/c1-3-4-22(25)32-19-17-30-15-13-28-11-9-27-10-12-29-14-16-31-18-20-33-23(26)24-7-5-21(34-2)6-8-24;1-2-3/h21H,3-20H2,1-2H3;2H,1H3. The van der Waals surface area contributed by atoms with Crippen LogP contribution in [0.15, 0.2) is 0 Å². The van der Waals surface area contributed by atoms with Gasteiger partial charge in [-0.3, -0.25) is 4.79 Å². The van der Waals surface area contributed by atoms with E-state index < -0.39 is 0 Å². The van der Waals surface area contributed by atoms with Gasteiger partial charge < -0.3 is 42.9 Å². The number of amides is 1. The van der Waals surface area contributed by atoms with Crippen LogP contribution in [0.25, 0.3) is 0 Å². The lowest BCUT2D eigenvalue weighted by molar-refractivity contribution is -0.145. The van der Waals surface area contributed by atoms with Gasteiger partial charge in [0.05, 0.1) is 66.1 Å². The first-order chi connectivity index (χ1) is 18.1. The zero-order valence-electron chi connectivity index (χ0n) is 22.8. The summed E-state index contributed by atoms with van der Waals surface area (Å²) in [5, 5.41) is 0.651. The predicted octanol–water partition coefficient (Wildman–Crippen LogP) is 2.58. The summed E-state index contributed by atoms with van der Waals surface area (Å²) in [4.78, 5) is 33.7. The number of ether oxygens (including phenoxy) is 7. The number of hydrogen-bond acceptors (Lipinski definition) is 11. The molecule has 0 saturated carbocycles. The van der Waals surface area contributed by atoms with Gasteiger partial charge in [-0.25, -0.2) is 4.79 Å².